The highest BCUT2D eigenvalue weighted by Gasteiger charge is 2.24. The first-order valence-corrected chi connectivity index (χ1v) is 6.02. The molecule has 0 aromatic heterocycles. The summed E-state index contributed by atoms with van der Waals surface area (Å²) in [6, 6.07) is 2.81. The fourth-order valence-electron chi connectivity index (χ4n) is 1.75. The van der Waals surface area contributed by atoms with Crippen LogP contribution < -0.4 is 5.32 Å². The zero-order valence-corrected chi connectivity index (χ0v) is 11.4. The minimum atomic E-state index is -1.12. The van der Waals surface area contributed by atoms with Gasteiger partial charge in [0.05, 0.1) is 4.92 Å². The number of amides is 1. The first kappa shape index (κ1) is 15.6. The highest BCUT2D eigenvalue weighted by Crippen LogP contribution is 2.17. The van der Waals surface area contributed by atoms with Crippen LogP contribution in [0.3, 0.4) is 0 Å². The van der Waals surface area contributed by atoms with Crippen LogP contribution in [0.5, 0.6) is 0 Å². The third kappa shape index (κ3) is 3.53. The predicted molar refractivity (Wildman–Crippen MR) is 71.6 cm³/mol. The van der Waals surface area contributed by atoms with Gasteiger partial charge in [-0.2, -0.15) is 0 Å². The normalized spacial score (nSPS) is 12.0. The summed E-state index contributed by atoms with van der Waals surface area (Å²) in [5.41, 5.74) is 0.532. The molecule has 0 aliphatic heterocycles. The summed E-state index contributed by atoms with van der Waals surface area (Å²) in [6.45, 7) is 4.93. The van der Waals surface area contributed by atoms with E-state index < -0.39 is 22.8 Å². The van der Waals surface area contributed by atoms with Crippen LogP contribution in [0.25, 0.3) is 0 Å². The molecule has 0 spiro atoms. The Bertz CT molecular complexity index is 554. The summed E-state index contributed by atoms with van der Waals surface area (Å²) >= 11 is 0. The molecule has 1 atom stereocenters. The summed E-state index contributed by atoms with van der Waals surface area (Å²) in [7, 11) is 0. The lowest BCUT2D eigenvalue weighted by Gasteiger charge is -2.18. The van der Waals surface area contributed by atoms with Crippen molar-refractivity contribution in [1.82, 2.24) is 5.32 Å². The second-order valence-electron chi connectivity index (χ2n) is 4.79. The van der Waals surface area contributed by atoms with Gasteiger partial charge in [0, 0.05) is 17.7 Å². The summed E-state index contributed by atoms with van der Waals surface area (Å²) in [5.74, 6) is -1.94. The fourth-order valence-corrected chi connectivity index (χ4v) is 1.75. The molecule has 0 fully saturated rings. The zero-order chi connectivity index (χ0) is 15.4. The van der Waals surface area contributed by atoms with Gasteiger partial charge in [-0.1, -0.05) is 13.8 Å². The van der Waals surface area contributed by atoms with E-state index in [9.17, 15) is 19.7 Å². The third-order valence-corrected chi connectivity index (χ3v) is 2.88. The molecule has 108 valence electrons. The number of aryl methyl sites for hydroxylation is 1. The molecular weight excluding hydrogens is 264 g/mol. The van der Waals surface area contributed by atoms with E-state index in [1.54, 1.807) is 20.8 Å². The van der Waals surface area contributed by atoms with E-state index in [0.717, 1.165) is 0 Å². The number of rotatable bonds is 5. The van der Waals surface area contributed by atoms with E-state index in [0.29, 0.717) is 5.56 Å². The highest BCUT2D eigenvalue weighted by molar-refractivity contribution is 5.98. The summed E-state index contributed by atoms with van der Waals surface area (Å²) in [4.78, 5) is 33.1. The number of nitro benzene ring substituents is 1. The lowest BCUT2D eigenvalue weighted by molar-refractivity contribution is -0.384. The zero-order valence-electron chi connectivity index (χ0n) is 11.4. The molecule has 0 unspecified atom stereocenters. The van der Waals surface area contributed by atoms with Crippen LogP contribution in [0.2, 0.25) is 0 Å². The highest BCUT2D eigenvalue weighted by atomic mass is 16.6. The van der Waals surface area contributed by atoms with Gasteiger partial charge in [-0.3, -0.25) is 14.9 Å². The lowest BCUT2D eigenvalue weighted by Crippen LogP contribution is -2.44. The first-order chi connectivity index (χ1) is 9.23. The van der Waals surface area contributed by atoms with Crippen molar-refractivity contribution >= 4 is 17.6 Å². The molecule has 1 rings (SSSR count). The van der Waals surface area contributed by atoms with E-state index in [4.69, 9.17) is 5.11 Å². The van der Waals surface area contributed by atoms with Crippen molar-refractivity contribution in [2.45, 2.75) is 26.8 Å². The molecule has 7 nitrogen and oxygen atoms in total. The number of aliphatic carboxylic acids is 1. The molecule has 0 aliphatic rings. The number of nitrogens with zero attached hydrogens (tertiary/aromatic N) is 1. The van der Waals surface area contributed by atoms with E-state index in [2.05, 4.69) is 5.32 Å². The molecule has 0 saturated carbocycles. The number of nitro groups is 1. The standard InChI is InChI=1S/C13H16N2O5/c1-7(2)11(13(17)18)14-12(16)10-5-4-9(15(19)20)6-8(10)3/h4-7,11H,1-3H3,(H,14,16)(H,17,18)/t11-/m0/s1. The van der Waals surface area contributed by atoms with Gasteiger partial charge < -0.3 is 10.4 Å². The number of non-ortho nitro benzene ring substituents is 1. The van der Waals surface area contributed by atoms with Gasteiger partial charge in [0.25, 0.3) is 11.6 Å². The molecule has 0 radical (unpaired) electrons. The topological polar surface area (TPSA) is 110 Å². The molecule has 1 aromatic rings. The van der Waals surface area contributed by atoms with Crippen LogP contribution in [-0.4, -0.2) is 27.9 Å². The number of hydrogen-bond acceptors (Lipinski definition) is 4. The Morgan fingerprint density at radius 3 is 2.35 bits per heavy atom. The van der Waals surface area contributed by atoms with Crippen molar-refractivity contribution < 1.29 is 19.6 Å². The maximum absolute atomic E-state index is 12.0. The molecule has 0 heterocycles. The van der Waals surface area contributed by atoms with E-state index >= 15 is 0 Å². The minimum Gasteiger partial charge on any atom is -0.480 e. The van der Waals surface area contributed by atoms with Crippen LogP contribution >= 0.6 is 0 Å². The SMILES string of the molecule is Cc1cc([N+](=O)[O-])ccc1C(=O)N[C@H](C(=O)O)C(C)C. The number of benzene rings is 1. The van der Waals surface area contributed by atoms with Crippen LogP contribution in [0.15, 0.2) is 18.2 Å². The summed E-state index contributed by atoms with van der Waals surface area (Å²) < 4.78 is 0. The van der Waals surface area contributed by atoms with Crippen molar-refractivity contribution in [3.8, 4) is 0 Å². The second kappa shape index (κ2) is 6.14. The Morgan fingerprint density at radius 2 is 1.95 bits per heavy atom. The Balaban J connectivity index is 2.98. The minimum absolute atomic E-state index is 0.113. The van der Waals surface area contributed by atoms with Crippen molar-refractivity contribution in [3.05, 3.63) is 39.4 Å². The summed E-state index contributed by atoms with van der Waals surface area (Å²) in [5, 5.41) is 22.1. The van der Waals surface area contributed by atoms with Crippen molar-refractivity contribution in [1.29, 1.82) is 0 Å². The Hall–Kier alpha value is -2.44. The van der Waals surface area contributed by atoms with Gasteiger partial charge in [0.2, 0.25) is 0 Å². The van der Waals surface area contributed by atoms with Gasteiger partial charge in [0.1, 0.15) is 6.04 Å². The molecule has 0 aliphatic carbocycles. The molecular formula is C13H16N2O5. The Kier molecular flexibility index (Phi) is 4.79. The number of nitrogens with one attached hydrogen (secondary N) is 1. The molecule has 0 bridgehead atoms. The maximum atomic E-state index is 12.0. The van der Waals surface area contributed by atoms with Gasteiger partial charge in [-0.05, 0) is 24.5 Å². The van der Waals surface area contributed by atoms with E-state index in [-0.39, 0.29) is 17.2 Å². The van der Waals surface area contributed by atoms with Crippen LogP contribution in [0.1, 0.15) is 29.8 Å². The Morgan fingerprint density at radius 1 is 1.35 bits per heavy atom. The molecule has 2 N–H and O–H groups in total. The van der Waals surface area contributed by atoms with Crippen molar-refractivity contribution in [2.75, 3.05) is 0 Å². The Labute approximate surface area is 115 Å². The van der Waals surface area contributed by atoms with Gasteiger partial charge in [-0.15, -0.1) is 0 Å². The van der Waals surface area contributed by atoms with Gasteiger partial charge in [0.15, 0.2) is 0 Å². The quantitative estimate of drug-likeness (QED) is 0.630. The molecule has 1 aromatic carbocycles. The van der Waals surface area contributed by atoms with Crippen LogP contribution in [0, 0.1) is 23.0 Å². The van der Waals surface area contributed by atoms with Gasteiger partial charge in [-0.25, -0.2) is 4.79 Å². The summed E-state index contributed by atoms with van der Waals surface area (Å²) in [6.07, 6.45) is 0. The molecule has 0 saturated heterocycles. The number of carbonyl (C=O) groups is 2. The van der Waals surface area contributed by atoms with Crippen molar-refractivity contribution in [2.24, 2.45) is 5.92 Å². The third-order valence-electron chi connectivity index (χ3n) is 2.88. The number of carboxylic acids is 1. The largest absolute Gasteiger partial charge is 0.480 e. The van der Waals surface area contributed by atoms with Crippen molar-refractivity contribution in [3.63, 3.8) is 0 Å². The van der Waals surface area contributed by atoms with E-state index in [1.807, 2.05) is 0 Å². The molecule has 7 heteroatoms. The van der Waals surface area contributed by atoms with E-state index in [1.165, 1.54) is 18.2 Å². The first-order valence-electron chi connectivity index (χ1n) is 6.02. The number of carbonyl (C=O) groups excluding carboxylic acids is 1. The number of hydrogen-bond donors (Lipinski definition) is 2. The maximum Gasteiger partial charge on any atom is 0.326 e. The molecule has 1 amide bonds. The fraction of sp³-hybridized carbons (Fsp3) is 0.385. The second-order valence-corrected chi connectivity index (χ2v) is 4.79. The smallest absolute Gasteiger partial charge is 0.326 e. The van der Waals surface area contributed by atoms with Gasteiger partial charge >= 0.3 is 5.97 Å². The number of carboxylic acid groups (broad SMARTS) is 1. The predicted octanol–water partition coefficient (Wildman–Crippen LogP) is 1.74. The average molecular weight is 280 g/mol. The monoisotopic (exact) mass is 280 g/mol. The lowest BCUT2D eigenvalue weighted by atomic mass is 10.0. The van der Waals surface area contributed by atoms with Crippen LogP contribution in [0.4, 0.5) is 5.69 Å². The molecule has 20 heavy (non-hydrogen) atoms. The van der Waals surface area contributed by atoms with Crippen LogP contribution in [-0.2, 0) is 4.79 Å². The average Bonchev–Trinajstić information content (AvgIpc) is 2.34.